The van der Waals surface area contributed by atoms with Crippen molar-refractivity contribution in [1.29, 1.82) is 0 Å². The second-order valence-electron chi connectivity index (χ2n) is 7.72. The molecule has 25 heavy (non-hydrogen) atoms. The van der Waals surface area contributed by atoms with E-state index in [9.17, 15) is 4.79 Å². The minimum atomic E-state index is 0.723. The average Bonchev–Trinajstić information content (AvgIpc) is 2.63. The van der Waals surface area contributed by atoms with Gasteiger partial charge in [-0.1, -0.05) is 103 Å². The van der Waals surface area contributed by atoms with Gasteiger partial charge in [-0.3, -0.25) is 0 Å². The lowest BCUT2D eigenvalue weighted by Gasteiger charge is -2.05. The molecule has 0 unspecified atom stereocenters. The molecule has 0 spiro atoms. The minimum absolute atomic E-state index is 0.723. The zero-order chi connectivity index (χ0) is 18.3. The molecule has 0 aromatic heterocycles. The monoisotopic (exact) mass is 353 g/mol. The molecule has 0 atom stereocenters. The van der Waals surface area contributed by atoms with Crippen molar-refractivity contribution in [3.63, 3.8) is 0 Å². The summed E-state index contributed by atoms with van der Waals surface area (Å²) in [5.41, 5.74) is 0. The van der Waals surface area contributed by atoms with Crippen molar-refractivity contribution >= 4 is 6.29 Å². The molecular weight excluding hydrogens is 306 g/mol. The Morgan fingerprint density at radius 2 is 0.880 bits per heavy atom. The Balaban J connectivity index is 2.95. The summed E-state index contributed by atoms with van der Waals surface area (Å²) < 4.78 is 0. The van der Waals surface area contributed by atoms with E-state index in [1.54, 1.807) is 0 Å². The van der Waals surface area contributed by atoms with E-state index in [1.165, 1.54) is 103 Å². The van der Waals surface area contributed by atoms with E-state index >= 15 is 0 Å². The van der Waals surface area contributed by atoms with E-state index < -0.39 is 0 Å². The quantitative estimate of drug-likeness (QED) is 0.165. The first-order chi connectivity index (χ1) is 12.4. The van der Waals surface area contributed by atoms with E-state index in [1.807, 2.05) is 0 Å². The van der Waals surface area contributed by atoms with Crippen LogP contribution in [-0.2, 0) is 4.79 Å². The molecule has 2 heteroatoms. The third-order valence-electron chi connectivity index (χ3n) is 5.13. The van der Waals surface area contributed by atoms with Gasteiger partial charge in [0.1, 0.15) is 6.29 Å². The van der Waals surface area contributed by atoms with E-state index in [2.05, 4.69) is 12.2 Å². The Labute approximate surface area is 158 Å². The fourth-order valence-electron chi connectivity index (χ4n) is 3.40. The summed E-state index contributed by atoms with van der Waals surface area (Å²) >= 11 is 0. The Morgan fingerprint density at radius 3 is 1.28 bits per heavy atom. The van der Waals surface area contributed by atoms with Crippen molar-refractivity contribution in [3.8, 4) is 0 Å². The summed E-state index contributed by atoms with van der Waals surface area (Å²) in [4.78, 5) is 10.2. The van der Waals surface area contributed by atoms with Crippen molar-refractivity contribution in [1.82, 2.24) is 5.32 Å². The van der Waals surface area contributed by atoms with Gasteiger partial charge in [0.25, 0.3) is 0 Å². The SMILES string of the molecule is CCCCCCCCCCCCCCCCCCNCCCCC=O. The first-order valence-corrected chi connectivity index (χ1v) is 11.6. The van der Waals surface area contributed by atoms with Crippen LogP contribution in [0, 0.1) is 0 Å². The standard InChI is InChI=1S/C23H47NO/c1-2-3-4-5-6-7-8-9-10-11-12-13-14-15-16-18-21-24-22-19-17-20-23-25/h23-24H,2-22H2,1H3. The molecule has 0 amide bonds. The van der Waals surface area contributed by atoms with Crippen LogP contribution < -0.4 is 5.32 Å². The number of unbranched alkanes of at least 4 members (excludes halogenated alkanes) is 17. The van der Waals surface area contributed by atoms with Gasteiger partial charge < -0.3 is 10.1 Å². The van der Waals surface area contributed by atoms with Crippen LogP contribution in [-0.4, -0.2) is 19.4 Å². The Bertz CT molecular complexity index is 242. The van der Waals surface area contributed by atoms with Crippen LogP contribution in [0.2, 0.25) is 0 Å². The lowest BCUT2D eigenvalue weighted by molar-refractivity contribution is -0.107. The van der Waals surface area contributed by atoms with Gasteiger partial charge in [-0.25, -0.2) is 0 Å². The van der Waals surface area contributed by atoms with Gasteiger partial charge in [-0.15, -0.1) is 0 Å². The zero-order valence-electron chi connectivity index (χ0n) is 17.3. The molecule has 0 aliphatic heterocycles. The summed E-state index contributed by atoms with van der Waals surface area (Å²) in [6.07, 6.45) is 26.8. The molecule has 0 aromatic rings. The molecule has 1 N–H and O–H groups in total. The smallest absolute Gasteiger partial charge is 0.119 e. The van der Waals surface area contributed by atoms with Crippen LogP contribution in [0.25, 0.3) is 0 Å². The van der Waals surface area contributed by atoms with Crippen molar-refractivity contribution in [2.75, 3.05) is 13.1 Å². The predicted octanol–water partition coefficient (Wildman–Crippen LogP) is 7.21. The Kier molecular flexibility index (Phi) is 23.3. The lowest BCUT2D eigenvalue weighted by Crippen LogP contribution is -2.16. The Morgan fingerprint density at radius 1 is 0.520 bits per heavy atom. The molecule has 0 rings (SSSR count). The number of rotatable bonds is 22. The van der Waals surface area contributed by atoms with Crippen LogP contribution in [0.3, 0.4) is 0 Å². The van der Waals surface area contributed by atoms with Crippen molar-refractivity contribution in [2.24, 2.45) is 0 Å². The number of aldehydes is 1. The summed E-state index contributed by atoms with van der Waals surface area (Å²) in [7, 11) is 0. The third kappa shape index (κ3) is 23.6. The highest BCUT2D eigenvalue weighted by molar-refractivity contribution is 5.48. The molecule has 150 valence electrons. The molecule has 0 saturated carbocycles. The van der Waals surface area contributed by atoms with Crippen LogP contribution >= 0.6 is 0 Å². The highest BCUT2D eigenvalue weighted by Gasteiger charge is 1.95. The molecule has 0 radical (unpaired) electrons. The number of hydrogen-bond donors (Lipinski definition) is 1. The first kappa shape index (κ1) is 24.6. The van der Waals surface area contributed by atoms with E-state index in [-0.39, 0.29) is 0 Å². The summed E-state index contributed by atoms with van der Waals surface area (Å²) in [6, 6.07) is 0. The topological polar surface area (TPSA) is 29.1 Å². The summed E-state index contributed by atoms with van der Waals surface area (Å²) in [6.45, 7) is 4.52. The Hall–Kier alpha value is -0.370. The van der Waals surface area contributed by atoms with E-state index in [0.717, 1.165) is 38.6 Å². The average molecular weight is 354 g/mol. The van der Waals surface area contributed by atoms with Gasteiger partial charge in [0, 0.05) is 6.42 Å². The highest BCUT2D eigenvalue weighted by Crippen LogP contribution is 2.13. The number of hydrogen-bond acceptors (Lipinski definition) is 2. The molecule has 0 aromatic carbocycles. The molecule has 0 aliphatic rings. The molecule has 0 heterocycles. The predicted molar refractivity (Wildman–Crippen MR) is 112 cm³/mol. The number of carbonyl (C=O) groups excluding carboxylic acids is 1. The molecule has 2 nitrogen and oxygen atoms in total. The molecule has 0 aliphatic carbocycles. The van der Waals surface area contributed by atoms with Gasteiger partial charge in [0.05, 0.1) is 0 Å². The maximum Gasteiger partial charge on any atom is 0.119 e. The molecular formula is C23H47NO. The second kappa shape index (κ2) is 23.6. The second-order valence-corrected chi connectivity index (χ2v) is 7.72. The van der Waals surface area contributed by atoms with Crippen LogP contribution in [0.4, 0.5) is 0 Å². The van der Waals surface area contributed by atoms with Crippen LogP contribution in [0.1, 0.15) is 129 Å². The maximum atomic E-state index is 10.2. The highest BCUT2D eigenvalue weighted by atomic mass is 16.1. The van der Waals surface area contributed by atoms with Crippen molar-refractivity contribution in [3.05, 3.63) is 0 Å². The molecule has 0 saturated heterocycles. The van der Waals surface area contributed by atoms with Gasteiger partial charge >= 0.3 is 0 Å². The largest absolute Gasteiger partial charge is 0.317 e. The van der Waals surface area contributed by atoms with Crippen molar-refractivity contribution in [2.45, 2.75) is 129 Å². The molecule has 0 fully saturated rings. The number of carbonyl (C=O) groups is 1. The van der Waals surface area contributed by atoms with Crippen LogP contribution in [0.5, 0.6) is 0 Å². The van der Waals surface area contributed by atoms with Gasteiger partial charge in [0.2, 0.25) is 0 Å². The van der Waals surface area contributed by atoms with E-state index in [0.29, 0.717) is 0 Å². The third-order valence-corrected chi connectivity index (χ3v) is 5.13. The maximum absolute atomic E-state index is 10.2. The lowest BCUT2D eigenvalue weighted by atomic mass is 10.0. The fraction of sp³-hybridized carbons (Fsp3) is 0.957. The van der Waals surface area contributed by atoms with Gasteiger partial charge in [-0.2, -0.15) is 0 Å². The van der Waals surface area contributed by atoms with Crippen molar-refractivity contribution < 1.29 is 4.79 Å². The normalized spacial score (nSPS) is 11.1. The molecule has 0 bridgehead atoms. The zero-order valence-corrected chi connectivity index (χ0v) is 17.3. The summed E-state index contributed by atoms with van der Waals surface area (Å²) in [5, 5.41) is 3.48. The van der Waals surface area contributed by atoms with E-state index in [4.69, 9.17) is 0 Å². The first-order valence-electron chi connectivity index (χ1n) is 11.6. The fourth-order valence-corrected chi connectivity index (χ4v) is 3.40. The summed E-state index contributed by atoms with van der Waals surface area (Å²) in [5.74, 6) is 0. The van der Waals surface area contributed by atoms with Crippen LogP contribution in [0.15, 0.2) is 0 Å². The minimum Gasteiger partial charge on any atom is -0.317 e. The van der Waals surface area contributed by atoms with Gasteiger partial charge in [0.15, 0.2) is 0 Å². The van der Waals surface area contributed by atoms with Gasteiger partial charge in [-0.05, 0) is 32.4 Å². The number of nitrogens with one attached hydrogen (secondary N) is 1.